The summed E-state index contributed by atoms with van der Waals surface area (Å²) in [5.41, 5.74) is 0.924. The third kappa shape index (κ3) is 4.02. The second-order valence-corrected chi connectivity index (χ2v) is 7.75. The molecule has 25 heavy (non-hydrogen) atoms. The second kappa shape index (κ2) is 6.67. The smallest absolute Gasteiger partial charge is 0.251 e. The predicted molar refractivity (Wildman–Crippen MR) is 87.2 cm³/mol. The summed E-state index contributed by atoms with van der Waals surface area (Å²) in [6.07, 6.45) is 3.74. The molecule has 1 unspecified atom stereocenters. The zero-order valence-corrected chi connectivity index (χ0v) is 14.4. The maximum absolute atomic E-state index is 13.3. The van der Waals surface area contributed by atoms with Crippen molar-refractivity contribution >= 4 is 5.91 Å². The molecule has 0 N–H and O–H groups in total. The Labute approximate surface area is 146 Å². The first-order valence-electron chi connectivity index (χ1n) is 9.35. The largest absolute Gasteiger partial charge is 0.361 e. The van der Waals surface area contributed by atoms with E-state index < -0.39 is 5.92 Å². The molecular formula is C18H25F2N3O2. The van der Waals surface area contributed by atoms with E-state index in [0.29, 0.717) is 19.0 Å². The summed E-state index contributed by atoms with van der Waals surface area (Å²) in [5, 5.41) is 4.15. The van der Waals surface area contributed by atoms with Gasteiger partial charge in [-0.1, -0.05) is 5.16 Å². The van der Waals surface area contributed by atoms with Gasteiger partial charge < -0.3 is 9.42 Å². The Morgan fingerprint density at radius 2 is 2.00 bits per heavy atom. The summed E-state index contributed by atoms with van der Waals surface area (Å²) in [6, 6.07) is 2.04. The molecule has 1 aromatic rings. The Bertz CT molecular complexity index is 620. The normalized spacial score (nSPS) is 27.4. The van der Waals surface area contributed by atoms with E-state index in [0.717, 1.165) is 30.8 Å². The van der Waals surface area contributed by atoms with Crippen molar-refractivity contribution in [3.8, 4) is 0 Å². The van der Waals surface area contributed by atoms with E-state index in [4.69, 9.17) is 4.52 Å². The Kier molecular flexibility index (Phi) is 4.52. The number of nitrogens with zero attached hydrogens (tertiary/aromatic N) is 3. The Morgan fingerprint density at radius 3 is 2.72 bits per heavy atom. The molecule has 0 aromatic carbocycles. The van der Waals surface area contributed by atoms with Crippen molar-refractivity contribution in [2.75, 3.05) is 26.2 Å². The van der Waals surface area contributed by atoms with Crippen LogP contribution in [0.5, 0.6) is 0 Å². The van der Waals surface area contributed by atoms with E-state index in [9.17, 15) is 13.6 Å². The number of alkyl halides is 2. The van der Waals surface area contributed by atoms with Gasteiger partial charge in [0.15, 0.2) is 0 Å². The molecule has 1 aliphatic carbocycles. The molecule has 0 spiro atoms. The maximum atomic E-state index is 13.3. The van der Waals surface area contributed by atoms with Crippen LogP contribution in [0.1, 0.15) is 55.9 Å². The minimum Gasteiger partial charge on any atom is -0.361 e. The summed E-state index contributed by atoms with van der Waals surface area (Å²) >= 11 is 0. The van der Waals surface area contributed by atoms with Gasteiger partial charge in [0.2, 0.25) is 5.91 Å². The summed E-state index contributed by atoms with van der Waals surface area (Å²) in [7, 11) is 0. The highest BCUT2D eigenvalue weighted by Gasteiger charge is 2.38. The lowest BCUT2D eigenvalue weighted by Crippen LogP contribution is -2.48. The highest BCUT2D eigenvalue weighted by molar-refractivity contribution is 5.79. The number of aromatic nitrogens is 1. The first-order chi connectivity index (χ1) is 12.0. The number of likely N-dealkylation sites (tertiary alicyclic amines) is 2. The highest BCUT2D eigenvalue weighted by Crippen LogP contribution is 2.40. The van der Waals surface area contributed by atoms with Crippen LogP contribution in [-0.2, 0) is 11.3 Å². The van der Waals surface area contributed by atoms with Crippen molar-refractivity contribution in [1.29, 1.82) is 0 Å². The van der Waals surface area contributed by atoms with Crippen LogP contribution in [-0.4, -0.2) is 53.0 Å². The third-order valence-corrected chi connectivity index (χ3v) is 5.60. The van der Waals surface area contributed by atoms with Gasteiger partial charge in [-0.2, -0.15) is 0 Å². The molecule has 4 rings (SSSR count). The number of hydrogen-bond donors (Lipinski definition) is 0. The highest BCUT2D eigenvalue weighted by atomic mass is 19.3. The number of amides is 1. The predicted octanol–water partition coefficient (Wildman–Crippen LogP) is 3.02. The maximum Gasteiger partial charge on any atom is 0.251 e. The molecule has 2 aliphatic heterocycles. The van der Waals surface area contributed by atoms with Gasteiger partial charge in [-0.3, -0.25) is 9.69 Å². The molecule has 7 heteroatoms. The molecule has 1 saturated carbocycles. The average Bonchev–Trinajstić information content (AvgIpc) is 3.35. The van der Waals surface area contributed by atoms with Gasteiger partial charge in [0.1, 0.15) is 5.76 Å². The van der Waals surface area contributed by atoms with Gasteiger partial charge >= 0.3 is 0 Å². The van der Waals surface area contributed by atoms with E-state index in [2.05, 4.69) is 10.1 Å². The summed E-state index contributed by atoms with van der Waals surface area (Å²) in [6.45, 7) is 2.66. The lowest BCUT2D eigenvalue weighted by Gasteiger charge is -2.37. The van der Waals surface area contributed by atoms with Crippen molar-refractivity contribution in [3.05, 3.63) is 17.5 Å². The van der Waals surface area contributed by atoms with Crippen LogP contribution < -0.4 is 0 Å². The minimum atomic E-state index is -2.61. The van der Waals surface area contributed by atoms with E-state index in [-0.39, 0.29) is 37.8 Å². The monoisotopic (exact) mass is 353 g/mol. The van der Waals surface area contributed by atoms with E-state index in [1.807, 2.05) is 6.07 Å². The van der Waals surface area contributed by atoms with Crippen molar-refractivity contribution in [2.45, 2.75) is 56.9 Å². The fourth-order valence-corrected chi connectivity index (χ4v) is 3.91. The standard InChI is InChI=1S/C18H25F2N3O2/c19-18(20)5-8-23(9-6-18)17(24)14-2-1-7-22(11-14)12-15-10-16(25-21-15)13-3-4-13/h10,13-14H,1-9,11-12H2. The lowest BCUT2D eigenvalue weighted by atomic mass is 9.95. The molecular weight excluding hydrogens is 328 g/mol. The molecule has 2 saturated heterocycles. The Hall–Kier alpha value is -1.50. The fraction of sp³-hybridized carbons (Fsp3) is 0.778. The van der Waals surface area contributed by atoms with E-state index in [1.165, 1.54) is 12.8 Å². The number of rotatable bonds is 4. The van der Waals surface area contributed by atoms with Crippen LogP contribution in [0.2, 0.25) is 0 Å². The molecule has 0 bridgehead atoms. The summed E-state index contributed by atoms with van der Waals surface area (Å²) < 4.78 is 32.0. The summed E-state index contributed by atoms with van der Waals surface area (Å²) in [4.78, 5) is 16.6. The van der Waals surface area contributed by atoms with Crippen LogP contribution in [0.25, 0.3) is 0 Å². The first kappa shape index (κ1) is 16.9. The van der Waals surface area contributed by atoms with Gasteiger partial charge in [-0.25, -0.2) is 8.78 Å². The number of hydrogen-bond acceptors (Lipinski definition) is 4. The molecule has 1 amide bonds. The summed E-state index contributed by atoms with van der Waals surface area (Å²) in [5.74, 6) is -1.13. The average molecular weight is 353 g/mol. The quantitative estimate of drug-likeness (QED) is 0.835. The molecule has 3 heterocycles. The van der Waals surface area contributed by atoms with Crippen molar-refractivity contribution in [2.24, 2.45) is 5.92 Å². The number of carbonyl (C=O) groups is 1. The van der Waals surface area contributed by atoms with Gasteiger partial charge in [0.05, 0.1) is 11.6 Å². The van der Waals surface area contributed by atoms with Crippen LogP contribution in [0.15, 0.2) is 10.6 Å². The molecule has 0 radical (unpaired) electrons. The zero-order valence-electron chi connectivity index (χ0n) is 14.4. The first-order valence-corrected chi connectivity index (χ1v) is 9.35. The molecule has 1 atom stereocenters. The molecule has 3 aliphatic rings. The third-order valence-electron chi connectivity index (χ3n) is 5.60. The van der Waals surface area contributed by atoms with Crippen molar-refractivity contribution in [1.82, 2.24) is 15.0 Å². The zero-order chi connectivity index (χ0) is 17.4. The topological polar surface area (TPSA) is 49.6 Å². The fourth-order valence-electron chi connectivity index (χ4n) is 3.91. The Morgan fingerprint density at radius 1 is 1.24 bits per heavy atom. The van der Waals surface area contributed by atoms with Crippen LogP contribution in [0.4, 0.5) is 8.78 Å². The minimum absolute atomic E-state index is 0.0408. The van der Waals surface area contributed by atoms with E-state index in [1.54, 1.807) is 4.90 Å². The van der Waals surface area contributed by atoms with Crippen molar-refractivity contribution < 1.29 is 18.1 Å². The Balaban J connectivity index is 1.31. The van der Waals surface area contributed by atoms with Crippen LogP contribution >= 0.6 is 0 Å². The van der Waals surface area contributed by atoms with Crippen LogP contribution in [0, 0.1) is 5.92 Å². The number of halogens is 2. The van der Waals surface area contributed by atoms with Crippen LogP contribution in [0.3, 0.4) is 0 Å². The van der Waals surface area contributed by atoms with Gasteiger partial charge in [-0.05, 0) is 32.2 Å². The van der Waals surface area contributed by atoms with Gasteiger partial charge in [0, 0.05) is 51.0 Å². The second-order valence-electron chi connectivity index (χ2n) is 7.75. The number of carbonyl (C=O) groups excluding carboxylic acids is 1. The number of piperidine rings is 2. The van der Waals surface area contributed by atoms with E-state index >= 15 is 0 Å². The van der Waals surface area contributed by atoms with Crippen molar-refractivity contribution in [3.63, 3.8) is 0 Å². The van der Waals surface area contributed by atoms with Gasteiger partial charge in [0.25, 0.3) is 5.92 Å². The molecule has 1 aromatic heterocycles. The molecule has 138 valence electrons. The lowest BCUT2D eigenvalue weighted by molar-refractivity contribution is -0.143. The molecule has 5 nitrogen and oxygen atoms in total. The SMILES string of the molecule is O=C(C1CCCN(Cc2cc(C3CC3)on2)C1)N1CCC(F)(F)CC1. The van der Waals surface area contributed by atoms with Gasteiger partial charge in [-0.15, -0.1) is 0 Å². The molecule has 3 fully saturated rings.